The summed E-state index contributed by atoms with van der Waals surface area (Å²) in [6, 6.07) is 23.2. The van der Waals surface area contributed by atoms with Crippen LogP contribution in [0.1, 0.15) is 34.1 Å². The normalized spacial score (nSPS) is 11.4. The molecule has 0 unspecified atom stereocenters. The smallest absolute Gasteiger partial charge is 0.341 e. The summed E-state index contributed by atoms with van der Waals surface area (Å²) < 4.78 is 14.2. The highest BCUT2D eigenvalue weighted by Crippen LogP contribution is 2.27. The molecule has 234 valence electrons. The molecular weight excluding hydrogens is 594 g/mol. The second-order valence-corrected chi connectivity index (χ2v) is 10.8. The summed E-state index contributed by atoms with van der Waals surface area (Å²) in [7, 11) is 1.65. The van der Waals surface area contributed by atoms with E-state index in [9.17, 15) is 9.59 Å². The summed E-state index contributed by atoms with van der Waals surface area (Å²) in [5, 5.41) is 4.72. The molecular formula is C36H31N7O4. The molecule has 8 rings (SSSR count). The van der Waals surface area contributed by atoms with Gasteiger partial charge in [0.1, 0.15) is 5.56 Å². The van der Waals surface area contributed by atoms with E-state index in [-0.39, 0.29) is 11.9 Å². The average Bonchev–Trinajstić information content (AvgIpc) is 3.69. The van der Waals surface area contributed by atoms with Gasteiger partial charge in [0.2, 0.25) is 0 Å². The van der Waals surface area contributed by atoms with Gasteiger partial charge in [-0.1, -0.05) is 24.3 Å². The molecule has 0 bridgehead atoms. The van der Waals surface area contributed by atoms with Gasteiger partial charge < -0.3 is 14.8 Å². The van der Waals surface area contributed by atoms with Crippen LogP contribution in [-0.4, -0.2) is 67.5 Å². The second-order valence-electron chi connectivity index (χ2n) is 10.8. The minimum absolute atomic E-state index is 0.137. The predicted octanol–water partition coefficient (Wildman–Crippen LogP) is 6.01. The monoisotopic (exact) mass is 625 g/mol. The van der Waals surface area contributed by atoms with E-state index in [1.807, 2.05) is 75.5 Å². The first-order valence-electron chi connectivity index (χ1n) is 15.3. The fraction of sp³-hybridized carbons (Fsp3) is 0.167. The molecule has 6 heterocycles. The van der Waals surface area contributed by atoms with Gasteiger partial charge in [0.15, 0.2) is 11.3 Å². The zero-order valence-corrected chi connectivity index (χ0v) is 25.9. The molecule has 0 spiro atoms. The van der Waals surface area contributed by atoms with Crippen molar-refractivity contribution in [2.75, 3.05) is 26.9 Å². The molecule has 0 aliphatic heterocycles. The summed E-state index contributed by atoms with van der Waals surface area (Å²) in [6.07, 6.45) is 7.77. The number of nitrogens with one attached hydrogen (secondary N) is 1. The molecule has 0 saturated heterocycles. The fourth-order valence-electron chi connectivity index (χ4n) is 5.81. The standard InChI is InChI=1S/C19H18N4O2.C17H13N3O2/c1-25-10-4-8-21-19(24)14-11-13-12-20-9-7-16(13)23-17-6-3-2-5-15(17)22-18(14)23;1-2-22-17(21)12-9-11-10-18-8-7-14(11)20-15-6-4-3-5-13(15)19-16(12)20/h2-3,5-7,9,11-12H,4,8,10H2,1H3,(H,21,24);3-10H,2H2,1H3. The van der Waals surface area contributed by atoms with Gasteiger partial charge in [0, 0.05) is 55.8 Å². The second kappa shape index (κ2) is 12.8. The van der Waals surface area contributed by atoms with Crippen LogP contribution in [0.3, 0.4) is 0 Å². The number of ether oxygens (including phenoxy) is 2. The maximum Gasteiger partial charge on any atom is 0.341 e. The number of aromatic nitrogens is 6. The SMILES string of the molecule is CCOC(=O)c1cc2cnccc2n2c1nc1ccccc12.COCCCNC(=O)c1cc2cnccc2n2c1nc1ccccc12. The summed E-state index contributed by atoms with van der Waals surface area (Å²) >= 11 is 0. The first-order chi connectivity index (χ1) is 23.1. The number of amides is 1. The molecule has 47 heavy (non-hydrogen) atoms. The number of carbonyl (C=O) groups is 2. The van der Waals surface area contributed by atoms with Crippen LogP contribution >= 0.6 is 0 Å². The lowest BCUT2D eigenvalue weighted by atomic mass is 10.1. The molecule has 11 nitrogen and oxygen atoms in total. The van der Waals surface area contributed by atoms with E-state index in [0.717, 1.165) is 50.3 Å². The van der Waals surface area contributed by atoms with Gasteiger partial charge in [-0.05, 0) is 61.9 Å². The molecule has 0 saturated carbocycles. The van der Waals surface area contributed by atoms with Crippen LogP contribution in [0.2, 0.25) is 0 Å². The lowest BCUT2D eigenvalue weighted by Gasteiger charge is -2.09. The van der Waals surface area contributed by atoms with Crippen LogP contribution in [0.25, 0.3) is 55.2 Å². The molecule has 0 radical (unpaired) electrons. The molecule has 11 heteroatoms. The first-order valence-corrected chi connectivity index (χ1v) is 15.3. The Bertz CT molecular complexity index is 2430. The molecule has 0 fully saturated rings. The Hall–Kier alpha value is -5.94. The number of methoxy groups -OCH3 is 1. The van der Waals surface area contributed by atoms with E-state index in [0.29, 0.717) is 42.2 Å². The van der Waals surface area contributed by atoms with Crippen molar-refractivity contribution in [2.24, 2.45) is 0 Å². The van der Waals surface area contributed by atoms with Crippen LogP contribution in [0.15, 0.2) is 97.6 Å². The van der Waals surface area contributed by atoms with Crippen molar-refractivity contribution in [1.29, 1.82) is 0 Å². The molecule has 6 aromatic heterocycles. The quantitative estimate of drug-likeness (QED) is 0.169. The van der Waals surface area contributed by atoms with Crippen molar-refractivity contribution in [1.82, 2.24) is 34.1 Å². The Labute approximate surface area is 268 Å². The molecule has 0 aliphatic rings. The molecule has 0 atom stereocenters. The lowest BCUT2D eigenvalue weighted by Crippen LogP contribution is -2.25. The number of rotatable bonds is 7. The van der Waals surface area contributed by atoms with Crippen molar-refractivity contribution in [3.63, 3.8) is 0 Å². The average molecular weight is 626 g/mol. The van der Waals surface area contributed by atoms with Crippen molar-refractivity contribution < 1.29 is 19.1 Å². The first kappa shape index (κ1) is 29.8. The van der Waals surface area contributed by atoms with Crippen LogP contribution in [0.4, 0.5) is 0 Å². The van der Waals surface area contributed by atoms with E-state index in [4.69, 9.17) is 9.47 Å². The summed E-state index contributed by atoms with van der Waals surface area (Å²) in [6.45, 7) is 3.30. The zero-order valence-electron chi connectivity index (χ0n) is 25.9. The van der Waals surface area contributed by atoms with Gasteiger partial charge in [0.05, 0.1) is 45.3 Å². The van der Waals surface area contributed by atoms with Crippen LogP contribution in [0, 0.1) is 0 Å². The van der Waals surface area contributed by atoms with Crippen molar-refractivity contribution in [3.05, 3.63) is 109 Å². The van der Waals surface area contributed by atoms with Crippen molar-refractivity contribution in [3.8, 4) is 0 Å². The number of hydrogen-bond donors (Lipinski definition) is 1. The van der Waals surface area contributed by atoms with Crippen molar-refractivity contribution >= 4 is 67.0 Å². The van der Waals surface area contributed by atoms with Gasteiger partial charge in [-0.25, -0.2) is 14.8 Å². The minimum Gasteiger partial charge on any atom is -0.462 e. The maximum absolute atomic E-state index is 12.7. The Balaban J connectivity index is 0.000000151. The number of para-hydroxylation sites is 4. The largest absolute Gasteiger partial charge is 0.462 e. The minimum atomic E-state index is -0.367. The highest BCUT2D eigenvalue weighted by atomic mass is 16.5. The van der Waals surface area contributed by atoms with E-state index in [1.54, 1.807) is 44.9 Å². The van der Waals surface area contributed by atoms with Crippen LogP contribution in [0.5, 0.6) is 0 Å². The van der Waals surface area contributed by atoms with Gasteiger partial charge in [-0.15, -0.1) is 0 Å². The van der Waals surface area contributed by atoms with E-state index < -0.39 is 0 Å². The van der Waals surface area contributed by atoms with Gasteiger partial charge in [-0.3, -0.25) is 23.6 Å². The van der Waals surface area contributed by atoms with Gasteiger partial charge in [0.25, 0.3) is 5.91 Å². The lowest BCUT2D eigenvalue weighted by molar-refractivity contribution is 0.0528. The fourth-order valence-corrected chi connectivity index (χ4v) is 5.81. The van der Waals surface area contributed by atoms with E-state index >= 15 is 0 Å². The highest BCUT2D eigenvalue weighted by Gasteiger charge is 2.19. The third-order valence-electron chi connectivity index (χ3n) is 7.89. The molecule has 1 amide bonds. The predicted molar refractivity (Wildman–Crippen MR) is 181 cm³/mol. The number of pyridine rings is 4. The van der Waals surface area contributed by atoms with Crippen LogP contribution in [-0.2, 0) is 9.47 Å². The highest BCUT2D eigenvalue weighted by molar-refractivity contribution is 6.06. The summed E-state index contributed by atoms with van der Waals surface area (Å²) in [5.41, 5.74) is 7.86. The number of fused-ring (bicyclic) bond motifs is 10. The number of nitrogens with zero attached hydrogens (tertiary/aromatic N) is 6. The topological polar surface area (TPSA) is 125 Å². The Morgan fingerprint density at radius 2 is 1.30 bits per heavy atom. The van der Waals surface area contributed by atoms with Gasteiger partial charge in [-0.2, -0.15) is 0 Å². The number of esters is 1. The Morgan fingerprint density at radius 3 is 1.87 bits per heavy atom. The van der Waals surface area contributed by atoms with Gasteiger partial charge >= 0.3 is 5.97 Å². The molecule has 8 aromatic rings. The zero-order chi connectivity index (χ0) is 32.3. The van der Waals surface area contributed by atoms with Crippen LogP contribution < -0.4 is 5.32 Å². The maximum atomic E-state index is 12.7. The number of carbonyl (C=O) groups excluding carboxylic acids is 2. The molecule has 0 aliphatic carbocycles. The Kier molecular flexibility index (Phi) is 8.11. The van der Waals surface area contributed by atoms with E-state index in [2.05, 4.69) is 25.3 Å². The number of benzene rings is 2. The number of imidazole rings is 2. The number of hydrogen-bond acceptors (Lipinski definition) is 8. The third kappa shape index (κ3) is 5.46. The summed E-state index contributed by atoms with van der Waals surface area (Å²) in [4.78, 5) is 42.6. The third-order valence-corrected chi connectivity index (χ3v) is 7.89. The molecule has 2 aromatic carbocycles. The van der Waals surface area contributed by atoms with E-state index in [1.165, 1.54) is 0 Å². The Morgan fingerprint density at radius 1 is 0.745 bits per heavy atom. The molecule has 1 N–H and O–H groups in total. The van der Waals surface area contributed by atoms with Crippen molar-refractivity contribution in [2.45, 2.75) is 13.3 Å². The summed E-state index contributed by atoms with van der Waals surface area (Å²) in [5.74, 6) is -0.504.